The number of hydrogen-bond acceptors (Lipinski definition) is 5. The molecule has 0 amide bonds. The molecular formula is C25H20BrNO3S. The lowest BCUT2D eigenvalue weighted by molar-refractivity contribution is 0.104. The summed E-state index contributed by atoms with van der Waals surface area (Å²) in [5, 5.41) is 0.681. The number of fused-ring (bicyclic) bond motifs is 1. The van der Waals surface area contributed by atoms with Gasteiger partial charge in [-0.15, -0.1) is 0 Å². The zero-order valence-corrected chi connectivity index (χ0v) is 19.1. The van der Waals surface area contributed by atoms with Crippen molar-refractivity contribution >= 4 is 50.7 Å². The molecule has 0 fully saturated rings. The zero-order chi connectivity index (χ0) is 21.5. The van der Waals surface area contributed by atoms with E-state index in [-0.39, 0.29) is 5.78 Å². The van der Waals surface area contributed by atoms with Crippen molar-refractivity contribution in [2.24, 2.45) is 0 Å². The number of benzene rings is 3. The summed E-state index contributed by atoms with van der Waals surface area (Å²) in [5.41, 5.74) is 3.30. The van der Waals surface area contributed by atoms with Gasteiger partial charge in [-0.3, -0.25) is 4.79 Å². The molecule has 0 spiro atoms. The van der Waals surface area contributed by atoms with E-state index in [2.05, 4.69) is 20.9 Å². The monoisotopic (exact) mass is 493 g/mol. The molecule has 0 radical (unpaired) electrons. The van der Waals surface area contributed by atoms with Crippen LogP contribution < -0.4 is 4.74 Å². The SMILES string of the molecule is O=C(/C=C/c1ccc(Br)cc1)c1ccc(OCCCSc2nc3ccccc3o2)cc1. The van der Waals surface area contributed by atoms with Crippen molar-refractivity contribution in [2.45, 2.75) is 11.6 Å². The topological polar surface area (TPSA) is 52.3 Å². The first kappa shape index (κ1) is 21.4. The molecule has 0 bridgehead atoms. The molecule has 1 aromatic heterocycles. The van der Waals surface area contributed by atoms with Crippen LogP contribution in [0.15, 0.2) is 93.0 Å². The van der Waals surface area contributed by atoms with Crippen LogP contribution in [-0.2, 0) is 0 Å². The summed E-state index contributed by atoms with van der Waals surface area (Å²) < 4.78 is 12.5. The Morgan fingerprint density at radius 1 is 1.03 bits per heavy atom. The van der Waals surface area contributed by atoms with Gasteiger partial charge in [0.2, 0.25) is 0 Å². The highest BCUT2D eigenvalue weighted by atomic mass is 79.9. The van der Waals surface area contributed by atoms with Crippen molar-refractivity contribution in [3.63, 3.8) is 0 Å². The Bertz CT molecular complexity index is 1150. The number of ether oxygens (including phenoxy) is 1. The average molecular weight is 494 g/mol. The molecule has 156 valence electrons. The molecule has 4 aromatic rings. The van der Waals surface area contributed by atoms with Crippen LogP contribution in [-0.4, -0.2) is 23.1 Å². The number of carbonyl (C=O) groups excluding carboxylic acids is 1. The van der Waals surface area contributed by atoms with E-state index in [1.54, 1.807) is 30.0 Å². The standard InChI is InChI=1S/C25H20BrNO3S/c26-20-11-6-18(7-12-20)8-15-23(28)19-9-13-21(14-10-19)29-16-3-17-31-25-27-22-4-1-2-5-24(22)30-25/h1-2,4-15H,3,16-17H2/b15-8+. The second kappa shape index (κ2) is 10.5. The highest BCUT2D eigenvalue weighted by Gasteiger charge is 2.06. The first-order chi connectivity index (χ1) is 15.2. The molecular weight excluding hydrogens is 474 g/mol. The number of ketones is 1. The zero-order valence-electron chi connectivity index (χ0n) is 16.7. The molecule has 0 saturated carbocycles. The van der Waals surface area contributed by atoms with Crippen molar-refractivity contribution < 1.29 is 13.9 Å². The lowest BCUT2D eigenvalue weighted by Gasteiger charge is -2.06. The minimum Gasteiger partial charge on any atom is -0.494 e. The van der Waals surface area contributed by atoms with Crippen molar-refractivity contribution in [2.75, 3.05) is 12.4 Å². The highest BCUT2D eigenvalue weighted by molar-refractivity contribution is 9.10. The average Bonchev–Trinajstić information content (AvgIpc) is 3.21. The van der Waals surface area contributed by atoms with Gasteiger partial charge in [0.15, 0.2) is 11.4 Å². The third-order valence-corrected chi connectivity index (χ3v) is 5.94. The number of thioether (sulfide) groups is 1. The van der Waals surface area contributed by atoms with Crippen LogP contribution in [0, 0.1) is 0 Å². The maximum absolute atomic E-state index is 12.3. The first-order valence-electron chi connectivity index (χ1n) is 9.86. The van der Waals surface area contributed by atoms with Gasteiger partial charge in [-0.05, 0) is 66.6 Å². The van der Waals surface area contributed by atoms with Gasteiger partial charge < -0.3 is 9.15 Å². The second-order valence-corrected chi connectivity index (χ2v) is 8.73. The normalized spacial score (nSPS) is 11.3. The molecule has 0 atom stereocenters. The molecule has 4 nitrogen and oxygen atoms in total. The Kier molecular flexibility index (Phi) is 7.22. The van der Waals surface area contributed by atoms with E-state index in [4.69, 9.17) is 9.15 Å². The van der Waals surface area contributed by atoms with Gasteiger partial charge in [-0.2, -0.15) is 0 Å². The Morgan fingerprint density at radius 3 is 2.58 bits per heavy atom. The van der Waals surface area contributed by atoms with Crippen LogP contribution in [0.4, 0.5) is 0 Å². The molecule has 0 aliphatic heterocycles. The molecule has 6 heteroatoms. The molecule has 0 N–H and O–H groups in total. The van der Waals surface area contributed by atoms with Gasteiger partial charge >= 0.3 is 0 Å². The number of aromatic nitrogens is 1. The largest absolute Gasteiger partial charge is 0.494 e. The van der Waals surface area contributed by atoms with E-state index in [9.17, 15) is 4.79 Å². The lowest BCUT2D eigenvalue weighted by Crippen LogP contribution is -2.00. The van der Waals surface area contributed by atoms with E-state index in [0.29, 0.717) is 17.4 Å². The number of para-hydroxylation sites is 2. The minimum absolute atomic E-state index is 0.0378. The van der Waals surface area contributed by atoms with E-state index < -0.39 is 0 Å². The van der Waals surface area contributed by atoms with Crippen LogP contribution >= 0.6 is 27.7 Å². The van der Waals surface area contributed by atoms with Gasteiger partial charge in [0, 0.05) is 15.8 Å². The summed E-state index contributed by atoms with van der Waals surface area (Å²) in [4.78, 5) is 16.8. The predicted molar refractivity (Wildman–Crippen MR) is 129 cm³/mol. The third kappa shape index (κ3) is 6.09. The van der Waals surface area contributed by atoms with Gasteiger partial charge in [-0.1, -0.05) is 58.0 Å². The van der Waals surface area contributed by atoms with Gasteiger partial charge in [0.1, 0.15) is 11.3 Å². The Labute approximate surface area is 193 Å². The van der Waals surface area contributed by atoms with Crippen LogP contribution in [0.25, 0.3) is 17.2 Å². The first-order valence-corrected chi connectivity index (χ1v) is 11.6. The summed E-state index contributed by atoms with van der Waals surface area (Å²) in [6.45, 7) is 0.587. The number of allylic oxidation sites excluding steroid dienone is 1. The Morgan fingerprint density at radius 2 is 1.81 bits per heavy atom. The number of carbonyl (C=O) groups is 1. The number of hydrogen-bond donors (Lipinski definition) is 0. The maximum Gasteiger partial charge on any atom is 0.256 e. The molecule has 31 heavy (non-hydrogen) atoms. The van der Waals surface area contributed by atoms with E-state index in [1.807, 2.05) is 66.7 Å². The van der Waals surface area contributed by atoms with Gasteiger partial charge in [0.25, 0.3) is 5.22 Å². The van der Waals surface area contributed by atoms with Crippen molar-refractivity contribution in [3.8, 4) is 5.75 Å². The fraction of sp³-hybridized carbons (Fsp3) is 0.120. The summed E-state index contributed by atoms with van der Waals surface area (Å²) in [6.07, 6.45) is 4.26. The number of halogens is 1. The molecule has 1 heterocycles. The molecule has 0 aliphatic carbocycles. The summed E-state index contributed by atoms with van der Waals surface area (Å²) in [7, 11) is 0. The fourth-order valence-electron chi connectivity index (χ4n) is 2.88. The quantitative estimate of drug-likeness (QED) is 0.108. The molecule has 0 unspecified atom stereocenters. The smallest absolute Gasteiger partial charge is 0.256 e. The van der Waals surface area contributed by atoms with Crippen LogP contribution in [0.1, 0.15) is 22.3 Å². The minimum atomic E-state index is -0.0378. The van der Waals surface area contributed by atoms with Gasteiger partial charge in [-0.25, -0.2) is 4.98 Å². The number of rotatable bonds is 9. The molecule has 4 rings (SSSR count). The van der Waals surface area contributed by atoms with Gasteiger partial charge in [0.05, 0.1) is 6.61 Å². The second-order valence-electron chi connectivity index (χ2n) is 6.77. The third-order valence-electron chi connectivity index (χ3n) is 4.49. The molecule has 0 aliphatic rings. The predicted octanol–water partition coefficient (Wildman–Crippen LogP) is 7.05. The van der Waals surface area contributed by atoms with E-state index in [0.717, 1.165) is 39.1 Å². The van der Waals surface area contributed by atoms with Crippen molar-refractivity contribution in [1.82, 2.24) is 4.98 Å². The fourth-order valence-corrected chi connectivity index (χ4v) is 3.89. The van der Waals surface area contributed by atoms with E-state index >= 15 is 0 Å². The van der Waals surface area contributed by atoms with Crippen molar-refractivity contribution in [3.05, 3.63) is 94.5 Å². The van der Waals surface area contributed by atoms with Crippen LogP contribution in [0.3, 0.4) is 0 Å². The highest BCUT2D eigenvalue weighted by Crippen LogP contribution is 2.23. The lowest BCUT2D eigenvalue weighted by atomic mass is 10.1. The Balaban J connectivity index is 1.21. The van der Waals surface area contributed by atoms with Crippen LogP contribution in [0.2, 0.25) is 0 Å². The summed E-state index contributed by atoms with van der Waals surface area (Å²) in [6, 6.07) is 22.8. The van der Waals surface area contributed by atoms with Crippen molar-refractivity contribution in [1.29, 1.82) is 0 Å². The summed E-state index contributed by atoms with van der Waals surface area (Å²) in [5.74, 6) is 1.56. The molecule has 3 aromatic carbocycles. The number of nitrogens with zero attached hydrogens (tertiary/aromatic N) is 1. The van der Waals surface area contributed by atoms with E-state index in [1.165, 1.54) is 0 Å². The summed E-state index contributed by atoms with van der Waals surface area (Å²) >= 11 is 4.98. The maximum atomic E-state index is 12.3. The van der Waals surface area contributed by atoms with Crippen LogP contribution in [0.5, 0.6) is 5.75 Å². The number of oxazole rings is 1. The Hall–Kier alpha value is -2.83. The molecule has 0 saturated heterocycles.